The van der Waals surface area contributed by atoms with E-state index in [1.807, 2.05) is 19.1 Å². The highest BCUT2D eigenvalue weighted by Gasteiger charge is 2.35. The van der Waals surface area contributed by atoms with Crippen LogP contribution in [-0.2, 0) is 39.3 Å². The number of fused-ring (bicyclic) bond motifs is 1. The molecule has 1 saturated heterocycles. The molecule has 35 heavy (non-hydrogen) atoms. The summed E-state index contributed by atoms with van der Waals surface area (Å²) in [6.45, 7) is 4.08. The van der Waals surface area contributed by atoms with Crippen molar-refractivity contribution in [3.05, 3.63) is 53.1 Å². The molecule has 2 aromatic rings. The van der Waals surface area contributed by atoms with Crippen LogP contribution in [0.2, 0.25) is 0 Å². The van der Waals surface area contributed by atoms with E-state index in [0.29, 0.717) is 37.2 Å². The number of aryl methyl sites for hydroxylation is 2. The standard InChI is InChI=1S/C26H35NO6S2/c1-3-19-5-9-25-21(15-19)6-7-23(4-2)27(25)35(31,32)24-8-10-26(22(16-24)17-28)33-18-20-11-13-34(29,30)14-12-20/h5,8-10,15-16,20,23,28H,3-4,6-7,11-14,17-18H2,1-2H3. The van der Waals surface area contributed by atoms with Gasteiger partial charge in [-0.15, -0.1) is 0 Å². The van der Waals surface area contributed by atoms with Gasteiger partial charge < -0.3 is 9.84 Å². The smallest absolute Gasteiger partial charge is 0.264 e. The Bertz CT molecular complexity index is 1260. The minimum Gasteiger partial charge on any atom is -0.493 e. The monoisotopic (exact) mass is 521 g/mol. The summed E-state index contributed by atoms with van der Waals surface area (Å²) in [5, 5.41) is 9.97. The van der Waals surface area contributed by atoms with Crippen molar-refractivity contribution < 1.29 is 26.7 Å². The van der Waals surface area contributed by atoms with Crippen LogP contribution in [0.1, 0.15) is 56.2 Å². The third-order valence-corrected chi connectivity index (χ3v) is 10.8. The molecule has 4 rings (SSSR count). The largest absolute Gasteiger partial charge is 0.493 e. The summed E-state index contributed by atoms with van der Waals surface area (Å²) in [5.74, 6) is 0.886. The number of hydrogen-bond donors (Lipinski definition) is 1. The molecule has 1 N–H and O–H groups in total. The fourth-order valence-electron chi connectivity index (χ4n) is 5.01. The Labute approximate surface area is 209 Å². The normalized spacial score (nSPS) is 20.4. The van der Waals surface area contributed by atoms with E-state index in [2.05, 4.69) is 13.0 Å². The Balaban J connectivity index is 1.59. The van der Waals surface area contributed by atoms with E-state index in [-0.39, 0.29) is 35.0 Å². The summed E-state index contributed by atoms with van der Waals surface area (Å²) in [6.07, 6.45) is 4.33. The fraction of sp³-hybridized carbons (Fsp3) is 0.538. The molecule has 0 aliphatic carbocycles. The maximum absolute atomic E-state index is 13.9. The topological polar surface area (TPSA) is 101 Å². The minimum absolute atomic E-state index is 0.122. The SMILES string of the molecule is CCc1ccc2c(c1)CCC(CC)N2S(=O)(=O)c1ccc(OCC2CCS(=O)(=O)CC2)c(CO)c1. The van der Waals surface area contributed by atoms with E-state index in [4.69, 9.17) is 4.74 Å². The average molecular weight is 522 g/mol. The van der Waals surface area contributed by atoms with Crippen LogP contribution in [0.25, 0.3) is 0 Å². The zero-order valence-corrected chi connectivity index (χ0v) is 22.1. The van der Waals surface area contributed by atoms with Gasteiger partial charge in [0.15, 0.2) is 0 Å². The quantitative estimate of drug-likeness (QED) is 0.566. The van der Waals surface area contributed by atoms with Crippen LogP contribution in [0.5, 0.6) is 5.75 Å². The lowest BCUT2D eigenvalue weighted by atomic mass is 9.94. The van der Waals surface area contributed by atoms with Gasteiger partial charge in [-0.2, -0.15) is 0 Å². The van der Waals surface area contributed by atoms with E-state index in [1.54, 1.807) is 10.4 Å². The molecule has 0 amide bonds. The molecule has 2 aliphatic rings. The molecule has 9 heteroatoms. The van der Waals surface area contributed by atoms with Gasteiger partial charge in [-0.05, 0) is 79.8 Å². The Morgan fingerprint density at radius 2 is 1.80 bits per heavy atom. The van der Waals surface area contributed by atoms with Crippen LogP contribution in [0, 0.1) is 5.92 Å². The Kier molecular flexibility index (Phi) is 7.78. The first-order chi connectivity index (χ1) is 16.7. The number of nitrogens with zero attached hydrogens (tertiary/aromatic N) is 1. The molecule has 7 nitrogen and oxygen atoms in total. The van der Waals surface area contributed by atoms with E-state index < -0.39 is 19.9 Å². The summed E-state index contributed by atoms with van der Waals surface area (Å²) in [4.78, 5) is 0.128. The van der Waals surface area contributed by atoms with Crippen molar-refractivity contribution in [2.45, 2.75) is 69.9 Å². The number of rotatable bonds is 8. The lowest BCUT2D eigenvalue weighted by Gasteiger charge is -2.37. The van der Waals surface area contributed by atoms with E-state index in [9.17, 15) is 21.9 Å². The van der Waals surface area contributed by atoms with Crippen molar-refractivity contribution in [1.29, 1.82) is 0 Å². The van der Waals surface area contributed by atoms with E-state index >= 15 is 0 Å². The molecule has 0 bridgehead atoms. The Hall–Kier alpha value is -2.10. The zero-order valence-electron chi connectivity index (χ0n) is 20.4. The van der Waals surface area contributed by atoms with Crippen LogP contribution < -0.4 is 9.04 Å². The molecule has 0 aromatic heterocycles. The summed E-state index contributed by atoms with van der Waals surface area (Å²) >= 11 is 0. The lowest BCUT2D eigenvalue weighted by Crippen LogP contribution is -2.43. The van der Waals surface area contributed by atoms with Crippen LogP contribution in [-0.4, -0.2) is 46.1 Å². The van der Waals surface area contributed by atoms with Gasteiger partial charge in [0.1, 0.15) is 15.6 Å². The van der Waals surface area contributed by atoms with Crippen LogP contribution >= 0.6 is 0 Å². The van der Waals surface area contributed by atoms with Crippen molar-refractivity contribution in [1.82, 2.24) is 0 Å². The predicted octanol–water partition coefficient (Wildman–Crippen LogP) is 3.87. The summed E-state index contributed by atoms with van der Waals surface area (Å²) in [5.41, 5.74) is 3.38. The molecular formula is C26H35NO6S2. The molecule has 2 aliphatic heterocycles. The van der Waals surface area contributed by atoms with Gasteiger partial charge in [0.25, 0.3) is 10.0 Å². The third-order valence-electron chi connectivity index (χ3n) is 7.25. The molecule has 0 saturated carbocycles. The highest BCUT2D eigenvalue weighted by atomic mass is 32.2. The van der Waals surface area contributed by atoms with E-state index in [0.717, 1.165) is 30.5 Å². The second kappa shape index (κ2) is 10.5. The highest BCUT2D eigenvalue weighted by Crippen LogP contribution is 2.38. The second-order valence-electron chi connectivity index (χ2n) is 9.55. The lowest BCUT2D eigenvalue weighted by molar-refractivity contribution is 0.224. The number of benzene rings is 2. The van der Waals surface area contributed by atoms with Crippen molar-refractivity contribution in [2.75, 3.05) is 22.4 Å². The average Bonchev–Trinajstić information content (AvgIpc) is 2.86. The molecule has 2 aromatic carbocycles. The molecule has 0 spiro atoms. The number of anilines is 1. The zero-order chi connectivity index (χ0) is 25.2. The number of ether oxygens (including phenoxy) is 1. The number of sulfonamides is 1. The minimum atomic E-state index is -3.85. The maximum atomic E-state index is 13.9. The molecule has 1 unspecified atom stereocenters. The van der Waals surface area contributed by atoms with Gasteiger partial charge in [-0.25, -0.2) is 16.8 Å². The van der Waals surface area contributed by atoms with Crippen LogP contribution in [0.15, 0.2) is 41.3 Å². The third kappa shape index (κ3) is 5.52. The van der Waals surface area contributed by atoms with Crippen molar-refractivity contribution in [3.8, 4) is 5.75 Å². The summed E-state index contributed by atoms with van der Waals surface area (Å²) in [6, 6.07) is 10.5. The van der Waals surface area contributed by atoms with E-state index in [1.165, 1.54) is 17.7 Å². The first-order valence-corrected chi connectivity index (χ1v) is 15.7. The molecule has 192 valence electrons. The van der Waals surface area contributed by atoms with Gasteiger partial charge in [0.2, 0.25) is 0 Å². The van der Waals surface area contributed by atoms with Crippen LogP contribution in [0.4, 0.5) is 5.69 Å². The van der Waals surface area contributed by atoms with Crippen molar-refractivity contribution in [3.63, 3.8) is 0 Å². The predicted molar refractivity (Wildman–Crippen MR) is 137 cm³/mol. The molecule has 0 radical (unpaired) electrons. The first-order valence-electron chi connectivity index (χ1n) is 12.4. The number of hydrogen-bond acceptors (Lipinski definition) is 6. The number of sulfone groups is 1. The molecule has 2 heterocycles. The Morgan fingerprint density at radius 3 is 2.46 bits per heavy atom. The highest BCUT2D eigenvalue weighted by molar-refractivity contribution is 7.93. The van der Waals surface area contributed by atoms with Gasteiger partial charge in [-0.1, -0.05) is 26.0 Å². The molecule has 1 fully saturated rings. The molecular weight excluding hydrogens is 486 g/mol. The summed E-state index contributed by atoms with van der Waals surface area (Å²) < 4.78 is 58.5. The summed E-state index contributed by atoms with van der Waals surface area (Å²) in [7, 11) is -6.80. The van der Waals surface area contributed by atoms with Gasteiger partial charge in [0, 0.05) is 11.6 Å². The van der Waals surface area contributed by atoms with Gasteiger partial charge in [0.05, 0.1) is 35.3 Å². The van der Waals surface area contributed by atoms with Crippen molar-refractivity contribution in [2.24, 2.45) is 5.92 Å². The van der Waals surface area contributed by atoms with Crippen molar-refractivity contribution >= 4 is 25.5 Å². The number of aliphatic hydroxyl groups excluding tert-OH is 1. The molecule has 1 atom stereocenters. The van der Waals surface area contributed by atoms with Gasteiger partial charge in [-0.3, -0.25) is 4.31 Å². The fourth-order valence-corrected chi connectivity index (χ4v) is 8.44. The second-order valence-corrected chi connectivity index (χ2v) is 13.7. The van der Waals surface area contributed by atoms with Gasteiger partial charge >= 0.3 is 0 Å². The number of aliphatic hydroxyl groups is 1. The maximum Gasteiger partial charge on any atom is 0.264 e. The Morgan fingerprint density at radius 1 is 1.06 bits per heavy atom. The van der Waals surface area contributed by atoms with Crippen LogP contribution in [0.3, 0.4) is 0 Å². The first kappa shape index (κ1) is 26.0.